The maximum absolute atomic E-state index is 11.0. The molecular formula is C17H20ClN3O2S2. The van der Waals surface area contributed by atoms with E-state index in [2.05, 4.69) is 9.88 Å². The van der Waals surface area contributed by atoms with Gasteiger partial charge in [0, 0.05) is 44.0 Å². The van der Waals surface area contributed by atoms with Gasteiger partial charge in [-0.25, -0.2) is 9.78 Å². The summed E-state index contributed by atoms with van der Waals surface area (Å²) >= 11 is 13.3. The minimum Gasteiger partial charge on any atom is -0.465 e. The van der Waals surface area contributed by atoms with Gasteiger partial charge >= 0.3 is 6.09 Å². The summed E-state index contributed by atoms with van der Waals surface area (Å²) < 4.78 is 1.14. The van der Waals surface area contributed by atoms with Crippen molar-refractivity contribution in [2.24, 2.45) is 0 Å². The summed E-state index contributed by atoms with van der Waals surface area (Å²) in [4.78, 5) is 20.1. The molecule has 0 radical (unpaired) electrons. The molecule has 0 atom stereocenters. The summed E-state index contributed by atoms with van der Waals surface area (Å²) in [5.74, 6) is 0. The Bertz CT molecular complexity index is 787. The molecule has 1 aromatic heterocycles. The lowest BCUT2D eigenvalue weighted by Crippen LogP contribution is -2.46. The van der Waals surface area contributed by atoms with E-state index in [0.717, 1.165) is 45.9 Å². The summed E-state index contributed by atoms with van der Waals surface area (Å²) in [6.07, 6.45) is 2.40. The Hall–Kier alpha value is -1.44. The topological polar surface area (TPSA) is 56.7 Å². The van der Waals surface area contributed by atoms with Crippen molar-refractivity contribution in [1.29, 1.82) is 0 Å². The van der Waals surface area contributed by atoms with Crippen LogP contribution in [0.5, 0.6) is 0 Å². The van der Waals surface area contributed by atoms with E-state index < -0.39 is 6.09 Å². The Morgan fingerprint density at radius 2 is 2.20 bits per heavy atom. The molecule has 1 aromatic carbocycles. The van der Waals surface area contributed by atoms with Crippen molar-refractivity contribution < 1.29 is 9.90 Å². The number of thiazole rings is 1. The van der Waals surface area contributed by atoms with E-state index in [1.54, 1.807) is 11.3 Å². The fourth-order valence-electron chi connectivity index (χ4n) is 3.09. The van der Waals surface area contributed by atoms with Crippen molar-refractivity contribution in [1.82, 2.24) is 14.8 Å². The second-order valence-electron chi connectivity index (χ2n) is 6.23. The van der Waals surface area contributed by atoms with Crippen molar-refractivity contribution in [2.75, 3.05) is 20.1 Å². The zero-order valence-corrected chi connectivity index (χ0v) is 16.3. The number of benzene rings is 1. The molecular weight excluding hydrogens is 378 g/mol. The number of piperidine rings is 1. The molecule has 1 fully saturated rings. The molecule has 8 heteroatoms. The molecule has 0 spiro atoms. The van der Waals surface area contributed by atoms with Crippen LogP contribution in [0.25, 0.3) is 10.2 Å². The molecule has 3 rings (SSSR count). The number of carboxylic acid groups (broad SMARTS) is 1. The maximum Gasteiger partial charge on any atom is 0.407 e. The molecule has 5 nitrogen and oxygen atoms in total. The molecule has 1 aliphatic rings. The predicted molar refractivity (Wildman–Crippen MR) is 106 cm³/mol. The minimum atomic E-state index is -0.834. The number of rotatable bonds is 4. The second kappa shape index (κ2) is 7.85. The van der Waals surface area contributed by atoms with Gasteiger partial charge in [0.1, 0.15) is 0 Å². The number of thiocarbonyl (C=S) groups is 1. The standard InChI is InChI=1S/C17H20ClN3O2S2/c1-20(12-6-8-21(9-7-12)17(22)23)16(24)5-4-15-19-13-10-11(18)2-3-14(13)25-15/h2-3,10,12H,4-9H2,1H3,(H,22,23). The minimum absolute atomic E-state index is 0.317. The van der Waals surface area contributed by atoms with Crippen LogP contribution >= 0.6 is 35.2 Å². The van der Waals surface area contributed by atoms with Crippen molar-refractivity contribution in [3.05, 3.63) is 28.2 Å². The zero-order chi connectivity index (χ0) is 18.0. The average molecular weight is 398 g/mol. The normalized spacial score (nSPS) is 15.5. The molecule has 1 aliphatic heterocycles. The van der Waals surface area contributed by atoms with Crippen LogP contribution in [0, 0.1) is 0 Å². The smallest absolute Gasteiger partial charge is 0.407 e. The maximum atomic E-state index is 11.0. The van der Waals surface area contributed by atoms with Crippen molar-refractivity contribution >= 4 is 56.5 Å². The SMILES string of the molecule is CN(C(=S)CCc1nc2cc(Cl)ccc2s1)C1CCN(C(=O)O)CC1. The van der Waals surface area contributed by atoms with Crippen LogP contribution in [-0.4, -0.2) is 57.2 Å². The number of hydrogen-bond donors (Lipinski definition) is 1. The molecule has 2 heterocycles. The molecule has 1 amide bonds. The number of nitrogens with zero attached hydrogens (tertiary/aromatic N) is 3. The first-order valence-electron chi connectivity index (χ1n) is 8.22. The Morgan fingerprint density at radius 3 is 2.88 bits per heavy atom. The molecule has 1 saturated heterocycles. The quantitative estimate of drug-likeness (QED) is 0.780. The third-order valence-electron chi connectivity index (χ3n) is 4.62. The fourth-order valence-corrected chi connectivity index (χ4v) is 4.46. The van der Waals surface area contributed by atoms with Gasteiger partial charge in [0.05, 0.1) is 20.2 Å². The van der Waals surface area contributed by atoms with Crippen LogP contribution in [-0.2, 0) is 6.42 Å². The van der Waals surface area contributed by atoms with Gasteiger partial charge < -0.3 is 14.9 Å². The van der Waals surface area contributed by atoms with Gasteiger partial charge in [-0.3, -0.25) is 0 Å². The van der Waals surface area contributed by atoms with Crippen LogP contribution in [0.3, 0.4) is 0 Å². The van der Waals surface area contributed by atoms with Crippen molar-refractivity contribution in [2.45, 2.75) is 31.7 Å². The van der Waals surface area contributed by atoms with E-state index in [1.165, 1.54) is 4.90 Å². The Kier molecular flexibility index (Phi) is 5.76. The highest BCUT2D eigenvalue weighted by atomic mass is 35.5. The first kappa shape index (κ1) is 18.4. The number of aromatic nitrogens is 1. The summed E-state index contributed by atoms with van der Waals surface area (Å²) in [6.45, 7) is 1.15. The highest BCUT2D eigenvalue weighted by Crippen LogP contribution is 2.26. The Balaban J connectivity index is 1.53. The van der Waals surface area contributed by atoms with Crippen molar-refractivity contribution in [3.63, 3.8) is 0 Å². The molecule has 0 saturated carbocycles. The van der Waals surface area contributed by atoms with Crippen LogP contribution < -0.4 is 0 Å². The van der Waals surface area contributed by atoms with E-state index in [1.807, 2.05) is 25.2 Å². The summed E-state index contributed by atoms with van der Waals surface area (Å²) in [6, 6.07) is 6.09. The van der Waals surface area contributed by atoms with Gasteiger partial charge in [-0.1, -0.05) is 23.8 Å². The van der Waals surface area contributed by atoms with Gasteiger partial charge in [0.2, 0.25) is 0 Å². The third kappa shape index (κ3) is 4.40. The van der Waals surface area contributed by atoms with Crippen LogP contribution in [0.2, 0.25) is 5.02 Å². The number of hydrogen-bond acceptors (Lipinski definition) is 4. The van der Waals surface area contributed by atoms with E-state index in [-0.39, 0.29) is 0 Å². The predicted octanol–water partition coefficient (Wildman–Crippen LogP) is 4.28. The van der Waals surface area contributed by atoms with Gasteiger partial charge in [-0.05, 0) is 31.0 Å². The lowest BCUT2D eigenvalue weighted by molar-refractivity contribution is 0.120. The zero-order valence-electron chi connectivity index (χ0n) is 13.9. The molecule has 0 bridgehead atoms. The first-order valence-corrected chi connectivity index (χ1v) is 9.83. The van der Waals surface area contributed by atoms with Crippen LogP contribution in [0.4, 0.5) is 4.79 Å². The first-order chi connectivity index (χ1) is 11.9. The van der Waals surface area contributed by atoms with E-state index in [9.17, 15) is 4.79 Å². The Morgan fingerprint density at radius 1 is 1.48 bits per heavy atom. The van der Waals surface area contributed by atoms with Gasteiger partial charge in [0.15, 0.2) is 0 Å². The number of likely N-dealkylation sites (tertiary alicyclic amines) is 1. The molecule has 0 aliphatic carbocycles. The van der Waals surface area contributed by atoms with Gasteiger partial charge in [0.25, 0.3) is 0 Å². The average Bonchev–Trinajstić information content (AvgIpc) is 3.01. The molecule has 1 N–H and O–H groups in total. The Labute approximate surface area is 161 Å². The van der Waals surface area contributed by atoms with Gasteiger partial charge in [-0.2, -0.15) is 0 Å². The largest absolute Gasteiger partial charge is 0.465 e. The molecule has 134 valence electrons. The lowest BCUT2D eigenvalue weighted by Gasteiger charge is -2.36. The van der Waals surface area contributed by atoms with E-state index in [0.29, 0.717) is 24.2 Å². The summed E-state index contributed by atoms with van der Waals surface area (Å²) in [7, 11) is 2.02. The highest BCUT2D eigenvalue weighted by Gasteiger charge is 2.25. The number of amides is 1. The van der Waals surface area contributed by atoms with E-state index in [4.69, 9.17) is 28.9 Å². The summed E-state index contributed by atoms with van der Waals surface area (Å²) in [5, 5.41) is 10.8. The van der Waals surface area contributed by atoms with Crippen LogP contribution in [0.1, 0.15) is 24.3 Å². The summed E-state index contributed by atoms with van der Waals surface area (Å²) in [5.41, 5.74) is 0.938. The number of aryl methyl sites for hydroxylation is 1. The molecule has 0 unspecified atom stereocenters. The highest BCUT2D eigenvalue weighted by molar-refractivity contribution is 7.80. The number of carbonyl (C=O) groups is 1. The molecule has 2 aromatic rings. The van der Waals surface area contributed by atoms with Crippen molar-refractivity contribution in [3.8, 4) is 0 Å². The van der Waals surface area contributed by atoms with E-state index >= 15 is 0 Å². The molecule has 25 heavy (non-hydrogen) atoms. The monoisotopic (exact) mass is 397 g/mol. The van der Waals surface area contributed by atoms with Crippen LogP contribution in [0.15, 0.2) is 18.2 Å². The van der Waals surface area contributed by atoms with Gasteiger partial charge in [-0.15, -0.1) is 11.3 Å². The second-order valence-corrected chi connectivity index (χ2v) is 8.25. The fraction of sp³-hybridized carbons (Fsp3) is 0.471. The number of halogens is 1. The number of fused-ring (bicyclic) bond motifs is 1. The third-order valence-corrected chi connectivity index (χ3v) is 6.45. The lowest BCUT2D eigenvalue weighted by atomic mass is 10.0.